The van der Waals surface area contributed by atoms with Gasteiger partial charge in [0.1, 0.15) is 5.52 Å². The lowest BCUT2D eigenvalue weighted by atomic mass is 10.2. The summed E-state index contributed by atoms with van der Waals surface area (Å²) in [6.45, 7) is 0. The van der Waals surface area contributed by atoms with Crippen molar-refractivity contribution in [3.63, 3.8) is 0 Å². The van der Waals surface area contributed by atoms with Crippen molar-refractivity contribution in [3.05, 3.63) is 88.4 Å². The molecule has 1 amide bonds. The lowest BCUT2D eigenvalue weighted by molar-refractivity contribution is -0.111. The van der Waals surface area contributed by atoms with Crippen molar-refractivity contribution in [2.24, 2.45) is 0 Å². The summed E-state index contributed by atoms with van der Waals surface area (Å²) < 4.78 is 5.77. The van der Waals surface area contributed by atoms with Gasteiger partial charge >= 0.3 is 0 Å². The van der Waals surface area contributed by atoms with Gasteiger partial charge in [-0.25, -0.2) is 4.98 Å². The molecule has 0 fully saturated rings. The van der Waals surface area contributed by atoms with Crippen LogP contribution in [-0.4, -0.2) is 10.9 Å². The second-order valence-electron chi connectivity index (χ2n) is 6.04. The number of anilines is 1. The summed E-state index contributed by atoms with van der Waals surface area (Å²) in [6.07, 6.45) is 3.24. The van der Waals surface area contributed by atoms with E-state index in [1.54, 1.807) is 42.5 Å². The van der Waals surface area contributed by atoms with Crippen LogP contribution in [0.2, 0.25) is 10.0 Å². The van der Waals surface area contributed by atoms with Gasteiger partial charge in [0.05, 0.1) is 15.6 Å². The minimum atomic E-state index is -0.232. The molecule has 4 nitrogen and oxygen atoms in total. The Hall–Kier alpha value is -3.08. The average Bonchev–Trinajstić information content (AvgIpc) is 3.12. The van der Waals surface area contributed by atoms with Crippen molar-refractivity contribution in [2.75, 3.05) is 5.32 Å². The Morgan fingerprint density at radius 1 is 1.00 bits per heavy atom. The van der Waals surface area contributed by atoms with Crippen LogP contribution in [0.3, 0.4) is 0 Å². The molecule has 3 aromatic carbocycles. The van der Waals surface area contributed by atoms with Gasteiger partial charge in [0.2, 0.25) is 11.8 Å². The molecule has 0 radical (unpaired) electrons. The zero-order valence-electron chi connectivity index (χ0n) is 14.5. The quantitative estimate of drug-likeness (QED) is 0.394. The van der Waals surface area contributed by atoms with Gasteiger partial charge in [0, 0.05) is 11.8 Å². The van der Waals surface area contributed by atoms with Crippen LogP contribution in [0.5, 0.6) is 0 Å². The minimum absolute atomic E-state index is 0.232. The number of nitrogens with one attached hydrogen (secondary N) is 1. The third-order valence-corrected chi connectivity index (χ3v) is 4.88. The molecule has 0 spiro atoms. The third-order valence-electron chi connectivity index (χ3n) is 4.06. The second kappa shape index (κ2) is 7.89. The van der Waals surface area contributed by atoms with Gasteiger partial charge in [0.25, 0.3) is 0 Å². The topological polar surface area (TPSA) is 55.1 Å². The highest BCUT2D eigenvalue weighted by Gasteiger charge is 2.14. The Morgan fingerprint density at radius 3 is 2.64 bits per heavy atom. The molecule has 0 aliphatic rings. The number of benzene rings is 3. The molecule has 1 heterocycles. The predicted molar refractivity (Wildman–Crippen MR) is 114 cm³/mol. The van der Waals surface area contributed by atoms with E-state index < -0.39 is 0 Å². The number of amides is 1. The highest BCUT2D eigenvalue weighted by atomic mass is 35.5. The van der Waals surface area contributed by atoms with Gasteiger partial charge in [-0.15, -0.1) is 0 Å². The van der Waals surface area contributed by atoms with E-state index in [0.29, 0.717) is 38.3 Å². The number of rotatable bonds is 4. The van der Waals surface area contributed by atoms with Crippen molar-refractivity contribution in [3.8, 4) is 11.5 Å². The van der Waals surface area contributed by atoms with Crippen LogP contribution in [-0.2, 0) is 4.79 Å². The number of nitrogens with zero attached hydrogens (tertiary/aromatic N) is 1. The number of oxazole rings is 1. The summed E-state index contributed by atoms with van der Waals surface area (Å²) in [4.78, 5) is 16.6. The van der Waals surface area contributed by atoms with E-state index in [1.165, 1.54) is 6.08 Å². The molecule has 28 heavy (non-hydrogen) atoms. The minimum Gasteiger partial charge on any atom is -0.436 e. The molecule has 6 heteroatoms. The van der Waals surface area contributed by atoms with E-state index in [-0.39, 0.29) is 5.91 Å². The molecule has 0 atom stereocenters. The van der Waals surface area contributed by atoms with Crippen molar-refractivity contribution in [1.29, 1.82) is 0 Å². The second-order valence-corrected chi connectivity index (χ2v) is 6.82. The Labute approximate surface area is 171 Å². The van der Waals surface area contributed by atoms with E-state index >= 15 is 0 Å². The lowest BCUT2D eigenvalue weighted by Gasteiger charge is -2.01. The Balaban J connectivity index is 1.56. The molecule has 0 saturated carbocycles. The van der Waals surface area contributed by atoms with Crippen LogP contribution >= 0.6 is 23.2 Å². The van der Waals surface area contributed by atoms with Crippen molar-refractivity contribution < 1.29 is 9.21 Å². The van der Waals surface area contributed by atoms with Gasteiger partial charge < -0.3 is 9.73 Å². The first-order chi connectivity index (χ1) is 13.6. The standard InChI is InChI=1S/C22H14Cl2N2O2/c23-17-8-4-7-16(21(17)24)22-26-18-13-15(10-11-19(18)28-22)25-20(27)12-9-14-5-2-1-3-6-14/h1-13H,(H,25,27). The van der Waals surface area contributed by atoms with Crippen LogP contribution in [0.15, 0.2) is 77.2 Å². The molecular weight excluding hydrogens is 395 g/mol. The normalized spacial score (nSPS) is 11.2. The highest BCUT2D eigenvalue weighted by molar-refractivity contribution is 6.43. The van der Waals surface area contributed by atoms with Crippen molar-refractivity contribution in [2.45, 2.75) is 0 Å². The van der Waals surface area contributed by atoms with Crippen LogP contribution in [0.1, 0.15) is 5.56 Å². The summed E-state index contributed by atoms with van der Waals surface area (Å²) in [5.41, 5.74) is 3.38. The number of carbonyl (C=O) groups excluding carboxylic acids is 1. The SMILES string of the molecule is O=C(C=Cc1ccccc1)Nc1ccc2oc(-c3cccc(Cl)c3Cl)nc2c1. The Kier molecular flexibility index (Phi) is 5.15. The molecule has 0 bridgehead atoms. The summed E-state index contributed by atoms with van der Waals surface area (Å²) in [7, 11) is 0. The zero-order valence-corrected chi connectivity index (χ0v) is 16.0. The van der Waals surface area contributed by atoms with E-state index in [1.807, 2.05) is 30.3 Å². The summed E-state index contributed by atoms with van der Waals surface area (Å²) in [5, 5.41) is 3.63. The third kappa shape index (κ3) is 3.93. The molecule has 138 valence electrons. The van der Waals surface area contributed by atoms with Crippen LogP contribution in [0.25, 0.3) is 28.6 Å². The maximum Gasteiger partial charge on any atom is 0.248 e. The number of hydrogen-bond donors (Lipinski definition) is 1. The predicted octanol–water partition coefficient (Wildman–Crippen LogP) is 6.45. The molecule has 4 rings (SSSR count). The maximum atomic E-state index is 12.2. The number of carbonyl (C=O) groups is 1. The first kappa shape index (κ1) is 18.3. The smallest absolute Gasteiger partial charge is 0.248 e. The summed E-state index contributed by atoms with van der Waals surface area (Å²) in [6, 6.07) is 20.1. The van der Waals surface area contributed by atoms with Crippen LogP contribution in [0, 0.1) is 0 Å². The number of halogens is 2. The van der Waals surface area contributed by atoms with Crippen molar-refractivity contribution >= 4 is 52.0 Å². The summed E-state index contributed by atoms with van der Waals surface area (Å²) in [5.74, 6) is 0.139. The highest BCUT2D eigenvalue weighted by Crippen LogP contribution is 2.34. The van der Waals surface area contributed by atoms with Crippen LogP contribution in [0.4, 0.5) is 5.69 Å². The maximum absolute atomic E-state index is 12.2. The zero-order chi connectivity index (χ0) is 19.5. The van der Waals surface area contributed by atoms with Gasteiger partial charge in [-0.1, -0.05) is 59.6 Å². The van der Waals surface area contributed by atoms with Gasteiger partial charge in [-0.2, -0.15) is 0 Å². The van der Waals surface area contributed by atoms with Gasteiger partial charge in [-0.3, -0.25) is 4.79 Å². The molecule has 4 aromatic rings. The molecule has 0 unspecified atom stereocenters. The number of aromatic nitrogens is 1. The molecule has 0 aliphatic heterocycles. The molecular formula is C22H14Cl2N2O2. The number of fused-ring (bicyclic) bond motifs is 1. The largest absolute Gasteiger partial charge is 0.436 e. The molecule has 0 saturated heterocycles. The fraction of sp³-hybridized carbons (Fsp3) is 0. The van der Waals surface area contributed by atoms with E-state index in [0.717, 1.165) is 5.56 Å². The van der Waals surface area contributed by atoms with E-state index in [4.69, 9.17) is 27.6 Å². The molecule has 1 aromatic heterocycles. The van der Waals surface area contributed by atoms with E-state index in [2.05, 4.69) is 10.3 Å². The molecule has 1 N–H and O–H groups in total. The van der Waals surface area contributed by atoms with Crippen molar-refractivity contribution in [1.82, 2.24) is 4.98 Å². The fourth-order valence-electron chi connectivity index (χ4n) is 2.71. The first-order valence-corrected chi connectivity index (χ1v) is 9.25. The molecule has 0 aliphatic carbocycles. The van der Waals surface area contributed by atoms with Gasteiger partial charge in [0.15, 0.2) is 5.58 Å². The van der Waals surface area contributed by atoms with Gasteiger partial charge in [-0.05, 0) is 42.0 Å². The van der Waals surface area contributed by atoms with Crippen LogP contribution < -0.4 is 5.32 Å². The van der Waals surface area contributed by atoms with E-state index in [9.17, 15) is 4.79 Å². The monoisotopic (exact) mass is 408 g/mol. The summed E-state index contributed by atoms with van der Waals surface area (Å²) >= 11 is 12.3. The fourth-order valence-corrected chi connectivity index (χ4v) is 3.09. The average molecular weight is 409 g/mol. The Bertz CT molecular complexity index is 1180. The first-order valence-electron chi connectivity index (χ1n) is 8.49. The number of hydrogen-bond acceptors (Lipinski definition) is 3. The lowest BCUT2D eigenvalue weighted by Crippen LogP contribution is -2.07. The Morgan fingerprint density at radius 2 is 1.82 bits per heavy atom.